The lowest BCUT2D eigenvalue weighted by Crippen LogP contribution is -2.02. The number of phenols is 2. The topological polar surface area (TPSA) is 76.0 Å². The van der Waals surface area contributed by atoms with E-state index in [1.54, 1.807) is 0 Å². The summed E-state index contributed by atoms with van der Waals surface area (Å²) in [6, 6.07) is 2.43. The van der Waals surface area contributed by atoms with E-state index in [0.29, 0.717) is 0 Å². The van der Waals surface area contributed by atoms with Crippen LogP contribution in [-0.4, -0.2) is 30.4 Å². The Morgan fingerprint density at radius 2 is 1.71 bits per heavy atom. The average Bonchev–Trinajstić information content (AvgIpc) is 2.16. The lowest BCUT2D eigenvalue weighted by molar-refractivity contribution is 0.0594. The van der Waals surface area contributed by atoms with Gasteiger partial charge in [0.2, 0.25) is 0 Å². The van der Waals surface area contributed by atoms with Crippen LogP contribution in [0.15, 0.2) is 12.1 Å². The standard InChI is InChI=1S/C9H10O5/c1-13-5-3-6(10)8(7(11)4-5)9(12)14-2/h3-4,10-11H,1-2H3. The highest BCUT2D eigenvalue weighted by Crippen LogP contribution is 2.32. The number of hydrogen-bond donors (Lipinski definition) is 2. The van der Waals surface area contributed by atoms with E-state index in [0.717, 1.165) is 7.11 Å². The maximum Gasteiger partial charge on any atom is 0.345 e. The summed E-state index contributed by atoms with van der Waals surface area (Å²) < 4.78 is 9.14. The first kappa shape index (κ1) is 10.2. The molecule has 0 atom stereocenters. The van der Waals surface area contributed by atoms with Gasteiger partial charge in [0, 0.05) is 12.1 Å². The van der Waals surface area contributed by atoms with E-state index < -0.39 is 5.97 Å². The van der Waals surface area contributed by atoms with Crippen LogP contribution in [0.1, 0.15) is 10.4 Å². The van der Waals surface area contributed by atoms with Gasteiger partial charge in [-0.15, -0.1) is 0 Å². The fourth-order valence-electron chi connectivity index (χ4n) is 1.02. The molecule has 0 spiro atoms. The summed E-state index contributed by atoms with van der Waals surface area (Å²) in [6.07, 6.45) is 0. The number of carbonyl (C=O) groups excluding carboxylic acids is 1. The van der Waals surface area contributed by atoms with Crippen molar-refractivity contribution < 1.29 is 24.5 Å². The van der Waals surface area contributed by atoms with Crippen LogP contribution in [0.5, 0.6) is 17.2 Å². The third kappa shape index (κ3) is 1.71. The molecule has 0 saturated carbocycles. The van der Waals surface area contributed by atoms with Gasteiger partial charge in [0.05, 0.1) is 14.2 Å². The summed E-state index contributed by atoms with van der Waals surface area (Å²) in [4.78, 5) is 11.1. The summed E-state index contributed by atoms with van der Waals surface area (Å²) in [7, 11) is 2.54. The Kier molecular flexibility index (Phi) is 2.81. The predicted molar refractivity (Wildman–Crippen MR) is 47.7 cm³/mol. The molecule has 0 radical (unpaired) electrons. The van der Waals surface area contributed by atoms with Crippen LogP contribution >= 0.6 is 0 Å². The Bertz CT molecular complexity index is 335. The van der Waals surface area contributed by atoms with Crippen molar-refractivity contribution in [3.05, 3.63) is 17.7 Å². The molecule has 2 N–H and O–H groups in total. The van der Waals surface area contributed by atoms with E-state index >= 15 is 0 Å². The van der Waals surface area contributed by atoms with Gasteiger partial charge in [-0.25, -0.2) is 4.79 Å². The first-order valence-corrected chi connectivity index (χ1v) is 3.78. The van der Waals surface area contributed by atoms with Gasteiger partial charge in [0.1, 0.15) is 22.8 Å². The Labute approximate surface area is 80.5 Å². The van der Waals surface area contributed by atoms with Crippen molar-refractivity contribution in [2.45, 2.75) is 0 Å². The van der Waals surface area contributed by atoms with Crippen LogP contribution in [0, 0.1) is 0 Å². The number of hydrogen-bond acceptors (Lipinski definition) is 5. The first-order valence-electron chi connectivity index (χ1n) is 3.78. The molecule has 1 aromatic rings. The minimum Gasteiger partial charge on any atom is -0.507 e. The number of ether oxygens (including phenoxy) is 2. The molecule has 0 aliphatic carbocycles. The number of esters is 1. The van der Waals surface area contributed by atoms with Crippen LogP contribution < -0.4 is 4.74 Å². The number of benzene rings is 1. The first-order chi connectivity index (χ1) is 6.60. The summed E-state index contributed by atoms with van der Waals surface area (Å²) in [6.45, 7) is 0. The zero-order valence-corrected chi connectivity index (χ0v) is 7.77. The molecule has 0 aliphatic heterocycles. The molecule has 0 heterocycles. The lowest BCUT2D eigenvalue weighted by atomic mass is 10.1. The van der Waals surface area contributed by atoms with Gasteiger partial charge in [0.15, 0.2) is 0 Å². The lowest BCUT2D eigenvalue weighted by Gasteiger charge is -2.07. The van der Waals surface area contributed by atoms with Crippen molar-refractivity contribution in [3.63, 3.8) is 0 Å². The number of aromatic hydroxyl groups is 2. The molecule has 0 aliphatic rings. The van der Waals surface area contributed by atoms with Crippen molar-refractivity contribution in [2.75, 3.05) is 14.2 Å². The summed E-state index contributed by atoms with van der Waals surface area (Å²) >= 11 is 0. The molecule has 0 saturated heterocycles. The van der Waals surface area contributed by atoms with Crippen LogP contribution in [0.25, 0.3) is 0 Å². The molecule has 5 heteroatoms. The molecule has 0 fully saturated rings. The van der Waals surface area contributed by atoms with E-state index in [4.69, 9.17) is 4.74 Å². The molecule has 0 unspecified atom stereocenters. The van der Waals surface area contributed by atoms with E-state index in [-0.39, 0.29) is 22.8 Å². The van der Waals surface area contributed by atoms with E-state index in [9.17, 15) is 15.0 Å². The minimum atomic E-state index is -0.803. The smallest absolute Gasteiger partial charge is 0.345 e. The second-order valence-electron chi connectivity index (χ2n) is 2.53. The molecule has 5 nitrogen and oxygen atoms in total. The largest absolute Gasteiger partial charge is 0.507 e. The zero-order valence-electron chi connectivity index (χ0n) is 7.77. The van der Waals surface area contributed by atoms with Crippen LogP contribution in [0.3, 0.4) is 0 Å². The van der Waals surface area contributed by atoms with Crippen molar-refractivity contribution in [2.24, 2.45) is 0 Å². The van der Waals surface area contributed by atoms with Gasteiger partial charge in [-0.3, -0.25) is 0 Å². The predicted octanol–water partition coefficient (Wildman–Crippen LogP) is 0.893. The van der Waals surface area contributed by atoms with E-state index in [2.05, 4.69) is 4.74 Å². The normalized spacial score (nSPS) is 9.57. The zero-order chi connectivity index (χ0) is 10.7. The Balaban J connectivity index is 3.25. The van der Waals surface area contributed by atoms with Crippen LogP contribution in [0.4, 0.5) is 0 Å². The van der Waals surface area contributed by atoms with Gasteiger partial charge in [-0.2, -0.15) is 0 Å². The SMILES string of the molecule is COC(=O)c1c(O)cc(OC)cc1O. The van der Waals surface area contributed by atoms with Gasteiger partial charge in [-0.05, 0) is 0 Å². The molecule has 1 aromatic carbocycles. The highest BCUT2D eigenvalue weighted by atomic mass is 16.5. The van der Waals surface area contributed by atoms with Gasteiger partial charge >= 0.3 is 5.97 Å². The summed E-state index contributed by atoms with van der Waals surface area (Å²) in [5, 5.41) is 18.7. The Morgan fingerprint density at radius 3 is 2.07 bits per heavy atom. The van der Waals surface area contributed by atoms with Gasteiger partial charge in [0.25, 0.3) is 0 Å². The molecule has 0 aromatic heterocycles. The monoisotopic (exact) mass is 198 g/mol. The molecule has 1 rings (SSSR count). The highest BCUT2D eigenvalue weighted by molar-refractivity contribution is 5.95. The van der Waals surface area contributed by atoms with Crippen molar-refractivity contribution in [1.82, 2.24) is 0 Å². The number of carbonyl (C=O) groups is 1. The van der Waals surface area contributed by atoms with Gasteiger partial charge in [-0.1, -0.05) is 0 Å². The quantitative estimate of drug-likeness (QED) is 0.690. The van der Waals surface area contributed by atoms with Crippen LogP contribution in [-0.2, 0) is 4.74 Å². The average molecular weight is 198 g/mol. The fourth-order valence-corrected chi connectivity index (χ4v) is 1.02. The van der Waals surface area contributed by atoms with Crippen molar-refractivity contribution in [3.8, 4) is 17.2 Å². The maximum absolute atomic E-state index is 11.1. The van der Waals surface area contributed by atoms with Gasteiger partial charge < -0.3 is 19.7 Å². The highest BCUT2D eigenvalue weighted by Gasteiger charge is 2.18. The second-order valence-corrected chi connectivity index (χ2v) is 2.53. The Morgan fingerprint density at radius 1 is 1.21 bits per heavy atom. The summed E-state index contributed by atoms with van der Waals surface area (Å²) in [5.41, 5.74) is -0.270. The summed E-state index contributed by atoms with van der Waals surface area (Å²) in [5.74, 6) is -1.31. The number of methoxy groups -OCH3 is 2. The maximum atomic E-state index is 11.1. The fraction of sp³-hybridized carbons (Fsp3) is 0.222. The Hall–Kier alpha value is -1.91. The molecule has 76 valence electrons. The van der Waals surface area contributed by atoms with Crippen molar-refractivity contribution in [1.29, 1.82) is 0 Å². The van der Waals surface area contributed by atoms with E-state index in [1.807, 2.05) is 0 Å². The number of rotatable bonds is 2. The molecular formula is C9H10O5. The molecule has 14 heavy (non-hydrogen) atoms. The minimum absolute atomic E-state index is 0.257. The second kappa shape index (κ2) is 3.87. The van der Waals surface area contributed by atoms with Crippen molar-refractivity contribution >= 4 is 5.97 Å². The third-order valence-corrected chi connectivity index (χ3v) is 1.70. The molecular weight excluding hydrogens is 188 g/mol. The van der Waals surface area contributed by atoms with E-state index in [1.165, 1.54) is 19.2 Å². The number of phenolic OH excluding ortho intramolecular Hbond substituents is 2. The third-order valence-electron chi connectivity index (χ3n) is 1.70. The molecule has 0 amide bonds. The molecule has 0 bridgehead atoms. The van der Waals surface area contributed by atoms with Crippen LogP contribution in [0.2, 0.25) is 0 Å².